The highest BCUT2D eigenvalue weighted by Gasteiger charge is 2.26. The summed E-state index contributed by atoms with van der Waals surface area (Å²) >= 11 is 0. The molecule has 1 aromatic heterocycles. The van der Waals surface area contributed by atoms with Gasteiger partial charge in [-0.05, 0) is 13.3 Å². The Kier molecular flexibility index (Phi) is 2.40. The van der Waals surface area contributed by atoms with Crippen molar-refractivity contribution in [2.24, 2.45) is 0 Å². The van der Waals surface area contributed by atoms with E-state index < -0.39 is 6.04 Å². The van der Waals surface area contributed by atoms with Crippen LogP contribution in [0.15, 0.2) is 10.6 Å². The second kappa shape index (κ2) is 3.72. The molecule has 1 atom stereocenters. The molecule has 15 heavy (non-hydrogen) atoms. The number of piperidine rings is 1. The Labute approximate surface area is 86.0 Å². The van der Waals surface area contributed by atoms with Crippen molar-refractivity contribution in [1.29, 1.82) is 0 Å². The van der Waals surface area contributed by atoms with Gasteiger partial charge in [-0.2, -0.15) is 0 Å². The van der Waals surface area contributed by atoms with Crippen molar-refractivity contribution < 1.29 is 14.1 Å². The van der Waals surface area contributed by atoms with E-state index in [9.17, 15) is 9.59 Å². The lowest BCUT2D eigenvalue weighted by Crippen LogP contribution is -2.47. The van der Waals surface area contributed by atoms with Gasteiger partial charge >= 0.3 is 0 Å². The molecule has 0 spiro atoms. The van der Waals surface area contributed by atoms with Gasteiger partial charge in [0.15, 0.2) is 5.82 Å². The molecule has 2 N–H and O–H groups in total. The van der Waals surface area contributed by atoms with E-state index in [2.05, 4.69) is 15.8 Å². The van der Waals surface area contributed by atoms with Crippen LogP contribution in [0.25, 0.3) is 0 Å². The third-order valence-electron chi connectivity index (χ3n) is 2.19. The van der Waals surface area contributed by atoms with E-state index in [0.717, 1.165) is 0 Å². The molecule has 6 nitrogen and oxygen atoms in total. The molecule has 6 heteroatoms. The van der Waals surface area contributed by atoms with Crippen LogP contribution in [0.4, 0.5) is 5.82 Å². The van der Waals surface area contributed by atoms with Crippen LogP contribution in [0.3, 0.4) is 0 Å². The molecule has 2 amide bonds. The Bertz CT molecular complexity index is 399. The largest absolute Gasteiger partial charge is 0.360 e. The quantitative estimate of drug-likeness (QED) is 0.680. The Hall–Kier alpha value is -1.85. The van der Waals surface area contributed by atoms with E-state index in [0.29, 0.717) is 24.4 Å². The first-order valence-corrected chi connectivity index (χ1v) is 4.69. The zero-order chi connectivity index (χ0) is 10.8. The summed E-state index contributed by atoms with van der Waals surface area (Å²) in [6.07, 6.45) is 0.830. The molecule has 1 saturated heterocycles. The maximum atomic E-state index is 11.4. The first-order valence-electron chi connectivity index (χ1n) is 4.69. The van der Waals surface area contributed by atoms with E-state index in [-0.39, 0.29) is 11.8 Å². The number of aromatic nitrogens is 1. The second-order valence-corrected chi connectivity index (χ2v) is 3.47. The molecular formula is C9H11N3O3. The Morgan fingerprint density at radius 2 is 2.40 bits per heavy atom. The number of amides is 2. The standard InChI is InChI=1S/C9H11N3O3/c1-5-4-7(12-15-5)10-6-2-3-8(13)11-9(6)14/h4,6H,2-3H2,1H3,(H,10,12)(H,11,13,14). The highest BCUT2D eigenvalue weighted by molar-refractivity contribution is 6.01. The van der Waals surface area contributed by atoms with Crippen molar-refractivity contribution in [3.05, 3.63) is 11.8 Å². The predicted molar refractivity (Wildman–Crippen MR) is 51.0 cm³/mol. The van der Waals surface area contributed by atoms with Crippen LogP contribution in [-0.4, -0.2) is 23.0 Å². The number of nitrogens with one attached hydrogen (secondary N) is 2. The third kappa shape index (κ3) is 2.15. The lowest BCUT2D eigenvalue weighted by atomic mass is 10.1. The van der Waals surface area contributed by atoms with Gasteiger partial charge in [0, 0.05) is 12.5 Å². The van der Waals surface area contributed by atoms with Crippen LogP contribution in [0.2, 0.25) is 0 Å². The molecule has 0 bridgehead atoms. The van der Waals surface area contributed by atoms with Crippen molar-refractivity contribution >= 4 is 17.6 Å². The first kappa shape index (κ1) is 9.70. The average molecular weight is 209 g/mol. The van der Waals surface area contributed by atoms with Crippen LogP contribution < -0.4 is 10.6 Å². The van der Waals surface area contributed by atoms with Crippen molar-refractivity contribution in [2.45, 2.75) is 25.8 Å². The highest BCUT2D eigenvalue weighted by Crippen LogP contribution is 2.13. The summed E-state index contributed by atoms with van der Waals surface area (Å²) in [5.74, 6) is 0.646. The second-order valence-electron chi connectivity index (χ2n) is 3.47. The number of hydrogen-bond donors (Lipinski definition) is 2. The summed E-state index contributed by atoms with van der Waals surface area (Å²) in [6.45, 7) is 1.77. The van der Waals surface area contributed by atoms with Gasteiger partial charge in [-0.1, -0.05) is 5.16 Å². The van der Waals surface area contributed by atoms with Crippen molar-refractivity contribution in [3.8, 4) is 0 Å². The summed E-state index contributed by atoms with van der Waals surface area (Å²) in [5, 5.41) is 8.87. The number of imide groups is 1. The van der Waals surface area contributed by atoms with Gasteiger partial charge in [-0.25, -0.2) is 0 Å². The zero-order valence-electron chi connectivity index (χ0n) is 8.24. The number of aryl methyl sites for hydroxylation is 1. The maximum absolute atomic E-state index is 11.4. The van der Waals surface area contributed by atoms with Crippen molar-refractivity contribution in [2.75, 3.05) is 5.32 Å². The number of carbonyl (C=O) groups excluding carboxylic acids is 2. The molecule has 80 valence electrons. The zero-order valence-corrected chi connectivity index (χ0v) is 8.24. The lowest BCUT2D eigenvalue weighted by Gasteiger charge is -2.21. The Balaban J connectivity index is 2.00. The monoisotopic (exact) mass is 209 g/mol. The van der Waals surface area contributed by atoms with Gasteiger partial charge in [0.1, 0.15) is 11.8 Å². The highest BCUT2D eigenvalue weighted by atomic mass is 16.5. The fourth-order valence-corrected chi connectivity index (χ4v) is 1.44. The van der Waals surface area contributed by atoms with Crippen molar-refractivity contribution in [1.82, 2.24) is 10.5 Å². The van der Waals surface area contributed by atoms with Gasteiger partial charge < -0.3 is 9.84 Å². The molecule has 0 aromatic carbocycles. The predicted octanol–water partition coefficient (Wildman–Crippen LogP) is 0.200. The summed E-state index contributed by atoms with van der Waals surface area (Å²) in [5.41, 5.74) is 0. The molecule has 1 unspecified atom stereocenters. The number of carbonyl (C=O) groups is 2. The van der Waals surface area contributed by atoms with Crippen LogP contribution >= 0.6 is 0 Å². The van der Waals surface area contributed by atoms with Crippen LogP contribution in [-0.2, 0) is 9.59 Å². The van der Waals surface area contributed by atoms with Crippen LogP contribution in [0.5, 0.6) is 0 Å². The van der Waals surface area contributed by atoms with Gasteiger partial charge in [0.2, 0.25) is 11.8 Å². The van der Waals surface area contributed by atoms with E-state index in [4.69, 9.17) is 4.52 Å². The molecule has 0 aliphatic carbocycles. The molecule has 1 fully saturated rings. The number of nitrogens with zero attached hydrogens (tertiary/aromatic N) is 1. The number of rotatable bonds is 2. The van der Waals surface area contributed by atoms with Gasteiger partial charge in [0.05, 0.1) is 0 Å². The van der Waals surface area contributed by atoms with Crippen LogP contribution in [0, 0.1) is 6.92 Å². The minimum Gasteiger partial charge on any atom is -0.360 e. The smallest absolute Gasteiger partial charge is 0.249 e. The molecule has 2 rings (SSSR count). The molecule has 1 aliphatic heterocycles. The number of hydrogen-bond acceptors (Lipinski definition) is 5. The lowest BCUT2D eigenvalue weighted by molar-refractivity contribution is -0.133. The van der Waals surface area contributed by atoms with E-state index >= 15 is 0 Å². The molecule has 1 aromatic rings. The third-order valence-corrected chi connectivity index (χ3v) is 2.19. The van der Waals surface area contributed by atoms with E-state index in [1.807, 2.05) is 0 Å². The van der Waals surface area contributed by atoms with Gasteiger partial charge in [-0.3, -0.25) is 14.9 Å². The summed E-state index contributed by atoms with van der Waals surface area (Å²) in [4.78, 5) is 22.2. The SMILES string of the molecule is Cc1cc(NC2CCC(=O)NC2=O)no1. The molecule has 2 heterocycles. The molecular weight excluding hydrogens is 198 g/mol. The summed E-state index contributed by atoms with van der Waals surface area (Å²) < 4.78 is 4.85. The average Bonchev–Trinajstić information content (AvgIpc) is 2.56. The topological polar surface area (TPSA) is 84.2 Å². The van der Waals surface area contributed by atoms with Crippen molar-refractivity contribution in [3.63, 3.8) is 0 Å². The minimum atomic E-state index is -0.410. The fourth-order valence-electron chi connectivity index (χ4n) is 1.44. The van der Waals surface area contributed by atoms with E-state index in [1.165, 1.54) is 0 Å². The molecule has 1 aliphatic rings. The van der Waals surface area contributed by atoms with Gasteiger partial charge in [0.25, 0.3) is 0 Å². The molecule has 0 radical (unpaired) electrons. The van der Waals surface area contributed by atoms with E-state index in [1.54, 1.807) is 13.0 Å². The normalized spacial score (nSPS) is 21.3. The minimum absolute atomic E-state index is 0.227. The first-order chi connectivity index (χ1) is 7.15. The fraction of sp³-hybridized carbons (Fsp3) is 0.444. The Morgan fingerprint density at radius 3 is 3.00 bits per heavy atom. The number of anilines is 1. The Morgan fingerprint density at radius 1 is 1.60 bits per heavy atom. The summed E-state index contributed by atoms with van der Waals surface area (Å²) in [7, 11) is 0. The molecule has 0 saturated carbocycles. The van der Waals surface area contributed by atoms with Crippen LogP contribution in [0.1, 0.15) is 18.6 Å². The van der Waals surface area contributed by atoms with Gasteiger partial charge in [-0.15, -0.1) is 0 Å². The maximum Gasteiger partial charge on any atom is 0.249 e. The summed E-state index contributed by atoms with van der Waals surface area (Å²) in [6, 6.07) is 1.29.